The lowest BCUT2D eigenvalue weighted by Gasteiger charge is -2.28. The Bertz CT molecular complexity index is 530. The number of carbonyl (C=O) groups excluding carboxylic acids is 1. The number of rotatable bonds is 6. The number of nitrogens with zero attached hydrogens (tertiary/aromatic N) is 1. The molecule has 0 bridgehead atoms. The Morgan fingerprint density at radius 2 is 2.14 bits per heavy atom. The minimum Gasteiger partial charge on any atom is -0.480 e. The van der Waals surface area contributed by atoms with E-state index in [1.54, 1.807) is 0 Å². The van der Waals surface area contributed by atoms with Crippen LogP contribution in [0.25, 0.3) is 0 Å². The molecular weight excluding hydrogens is 268 g/mol. The average molecular weight is 290 g/mol. The first-order valence-electron chi connectivity index (χ1n) is 7.37. The van der Waals surface area contributed by atoms with Crippen LogP contribution in [0.3, 0.4) is 0 Å². The number of carboxylic acids is 1. The van der Waals surface area contributed by atoms with Gasteiger partial charge in [0.2, 0.25) is 5.91 Å². The van der Waals surface area contributed by atoms with E-state index in [0.29, 0.717) is 6.42 Å². The van der Waals surface area contributed by atoms with Crippen molar-refractivity contribution in [3.05, 3.63) is 29.8 Å². The second-order valence-corrected chi connectivity index (χ2v) is 5.54. The lowest BCUT2D eigenvalue weighted by molar-refractivity contribution is -0.146. The Labute approximate surface area is 125 Å². The molecule has 0 saturated heterocycles. The van der Waals surface area contributed by atoms with Gasteiger partial charge in [0.25, 0.3) is 0 Å². The van der Waals surface area contributed by atoms with Crippen LogP contribution in [0.2, 0.25) is 0 Å². The lowest BCUT2D eigenvalue weighted by Crippen LogP contribution is -2.42. The highest BCUT2D eigenvalue weighted by atomic mass is 16.4. The standard InChI is InChI=1S/C16H22N2O3/c1-3-11(2)18(10-16(20)21)15(19)8-12-9-17-14-7-5-4-6-13(12)14/h4-7,11-12,17H,3,8-10H2,1-2H3,(H,20,21). The smallest absolute Gasteiger partial charge is 0.323 e. The molecule has 1 aliphatic rings. The van der Waals surface area contributed by atoms with E-state index < -0.39 is 5.97 Å². The van der Waals surface area contributed by atoms with Crippen molar-refractivity contribution in [3.63, 3.8) is 0 Å². The predicted molar refractivity (Wildman–Crippen MR) is 81.4 cm³/mol. The summed E-state index contributed by atoms with van der Waals surface area (Å²) in [7, 11) is 0. The molecule has 1 aromatic rings. The van der Waals surface area contributed by atoms with E-state index in [0.717, 1.165) is 24.2 Å². The SMILES string of the molecule is CCC(C)N(CC(=O)O)C(=O)CC1CNc2ccccc21. The number of nitrogens with one attached hydrogen (secondary N) is 1. The Balaban J connectivity index is 2.07. The molecule has 0 fully saturated rings. The second-order valence-electron chi connectivity index (χ2n) is 5.54. The fourth-order valence-electron chi connectivity index (χ4n) is 2.72. The van der Waals surface area contributed by atoms with Gasteiger partial charge in [0.1, 0.15) is 6.54 Å². The number of hydrogen-bond donors (Lipinski definition) is 2. The van der Waals surface area contributed by atoms with Gasteiger partial charge in [-0.15, -0.1) is 0 Å². The highest BCUT2D eigenvalue weighted by molar-refractivity contribution is 5.82. The van der Waals surface area contributed by atoms with Crippen molar-refractivity contribution >= 4 is 17.6 Å². The zero-order chi connectivity index (χ0) is 15.4. The molecule has 1 heterocycles. The van der Waals surface area contributed by atoms with Gasteiger partial charge in [-0.05, 0) is 25.0 Å². The summed E-state index contributed by atoms with van der Waals surface area (Å²) >= 11 is 0. The number of aliphatic carboxylic acids is 1. The van der Waals surface area contributed by atoms with Crippen molar-refractivity contribution in [1.29, 1.82) is 0 Å². The molecule has 2 atom stereocenters. The largest absolute Gasteiger partial charge is 0.480 e. The summed E-state index contributed by atoms with van der Waals surface area (Å²) in [4.78, 5) is 24.9. The summed E-state index contributed by atoms with van der Waals surface area (Å²) in [6.45, 7) is 4.35. The van der Waals surface area contributed by atoms with Crippen LogP contribution in [-0.2, 0) is 9.59 Å². The topological polar surface area (TPSA) is 69.6 Å². The molecule has 1 aromatic carbocycles. The van der Waals surface area contributed by atoms with Gasteiger partial charge >= 0.3 is 5.97 Å². The van der Waals surface area contributed by atoms with Crippen molar-refractivity contribution in [2.45, 2.75) is 38.6 Å². The Morgan fingerprint density at radius 1 is 1.43 bits per heavy atom. The van der Waals surface area contributed by atoms with E-state index in [1.165, 1.54) is 4.90 Å². The summed E-state index contributed by atoms with van der Waals surface area (Å²) in [5, 5.41) is 12.3. The fourth-order valence-corrected chi connectivity index (χ4v) is 2.72. The molecule has 5 nitrogen and oxygen atoms in total. The highest BCUT2D eigenvalue weighted by Gasteiger charge is 2.28. The minimum absolute atomic E-state index is 0.0572. The summed E-state index contributed by atoms with van der Waals surface area (Å²) in [5.41, 5.74) is 2.22. The molecule has 2 rings (SSSR count). The van der Waals surface area contributed by atoms with Crippen LogP contribution in [0.15, 0.2) is 24.3 Å². The molecule has 5 heteroatoms. The third-order valence-electron chi connectivity index (χ3n) is 4.11. The first-order chi connectivity index (χ1) is 10.0. The van der Waals surface area contributed by atoms with Gasteiger partial charge in [-0.3, -0.25) is 9.59 Å². The minimum atomic E-state index is -0.964. The summed E-state index contributed by atoms with van der Waals surface area (Å²) in [5.74, 6) is -0.932. The van der Waals surface area contributed by atoms with E-state index >= 15 is 0 Å². The van der Waals surface area contributed by atoms with Crippen molar-refractivity contribution in [2.24, 2.45) is 0 Å². The Hall–Kier alpha value is -2.04. The van der Waals surface area contributed by atoms with Crippen molar-refractivity contribution in [1.82, 2.24) is 4.90 Å². The normalized spacial score (nSPS) is 17.7. The monoisotopic (exact) mass is 290 g/mol. The Morgan fingerprint density at radius 3 is 2.81 bits per heavy atom. The summed E-state index contributed by atoms with van der Waals surface area (Å²) in [6, 6.07) is 7.90. The van der Waals surface area contributed by atoms with Gasteiger partial charge in [-0.2, -0.15) is 0 Å². The number of carboxylic acid groups (broad SMARTS) is 1. The van der Waals surface area contributed by atoms with Crippen LogP contribution in [0.1, 0.15) is 38.2 Å². The number of para-hydroxylation sites is 1. The lowest BCUT2D eigenvalue weighted by atomic mass is 9.97. The van der Waals surface area contributed by atoms with Gasteiger partial charge in [0.05, 0.1) is 0 Å². The number of hydrogen-bond acceptors (Lipinski definition) is 3. The molecule has 0 saturated carbocycles. The molecule has 0 spiro atoms. The molecule has 2 unspecified atom stereocenters. The molecular formula is C16H22N2O3. The molecule has 0 radical (unpaired) electrons. The van der Waals surface area contributed by atoms with Gasteiger partial charge in [-0.1, -0.05) is 25.1 Å². The molecule has 1 amide bonds. The van der Waals surface area contributed by atoms with Crippen LogP contribution in [0.4, 0.5) is 5.69 Å². The second kappa shape index (κ2) is 6.61. The van der Waals surface area contributed by atoms with Crippen molar-refractivity contribution in [2.75, 3.05) is 18.4 Å². The van der Waals surface area contributed by atoms with E-state index in [-0.39, 0.29) is 24.4 Å². The zero-order valence-corrected chi connectivity index (χ0v) is 12.5. The first kappa shape index (κ1) is 15.4. The van der Waals surface area contributed by atoms with E-state index in [1.807, 2.05) is 38.1 Å². The van der Waals surface area contributed by atoms with Gasteiger partial charge < -0.3 is 15.3 Å². The third-order valence-corrected chi connectivity index (χ3v) is 4.11. The molecule has 114 valence electrons. The highest BCUT2D eigenvalue weighted by Crippen LogP contribution is 2.33. The first-order valence-corrected chi connectivity index (χ1v) is 7.37. The van der Waals surface area contributed by atoms with Crippen molar-refractivity contribution in [3.8, 4) is 0 Å². The van der Waals surface area contributed by atoms with E-state index in [4.69, 9.17) is 5.11 Å². The number of fused-ring (bicyclic) bond motifs is 1. The maximum absolute atomic E-state index is 12.5. The Kier molecular flexibility index (Phi) is 4.83. The van der Waals surface area contributed by atoms with Gasteiger partial charge in [-0.25, -0.2) is 0 Å². The van der Waals surface area contributed by atoms with E-state index in [9.17, 15) is 9.59 Å². The number of amides is 1. The van der Waals surface area contributed by atoms with Crippen LogP contribution in [0, 0.1) is 0 Å². The molecule has 2 N–H and O–H groups in total. The predicted octanol–water partition coefficient (Wildman–Crippen LogP) is 2.30. The molecule has 0 aromatic heterocycles. The number of anilines is 1. The molecule has 21 heavy (non-hydrogen) atoms. The van der Waals surface area contributed by atoms with Crippen LogP contribution < -0.4 is 5.32 Å². The number of carbonyl (C=O) groups is 2. The maximum Gasteiger partial charge on any atom is 0.323 e. The summed E-state index contributed by atoms with van der Waals surface area (Å²) < 4.78 is 0. The zero-order valence-electron chi connectivity index (χ0n) is 12.5. The van der Waals surface area contributed by atoms with Crippen molar-refractivity contribution < 1.29 is 14.7 Å². The molecule has 1 aliphatic heterocycles. The fraction of sp³-hybridized carbons (Fsp3) is 0.500. The van der Waals surface area contributed by atoms with Crippen LogP contribution in [0.5, 0.6) is 0 Å². The quantitative estimate of drug-likeness (QED) is 0.843. The van der Waals surface area contributed by atoms with Gasteiger partial charge in [0, 0.05) is 30.6 Å². The maximum atomic E-state index is 12.5. The molecule has 0 aliphatic carbocycles. The summed E-state index contributed by atoms with van der Waals surface area (Å²) in [6.07, 6.45) is 1.10. The number of benzene rings is 1. The third kappa shape index (κ3) is 3.54. The van der Waals surface area contributed by atoms with Crippen LogP contribution >= 0.6 is 0 Å². The van der Waals surface area contributed by atoms with E-state index in [2.05, 4.69) is 5.32 Å². The van der Waals surface area contributed by atoms with Gasteiger partial charge in [0.15, 0.2) is 0 Å². The average Bonchev–Trinajstić information content (AvgIpc) is 2.87. The van der Waals surface area contributed by atoms with Crippen LogP contribution in [-0.4, -0.2) is 41.0 Å².